The van der Waals surface area contributed by atoms with Gasteiger partial charge in [0, 0.05) is 17.7 Å². The van der Waals surface area contributed by atoms with Gasteiger partial charge in [0.05, 0.1) is 19.8 Å². The Morgan fingerprint density at radius 1 is 1.09 bits per heavy atom. The third-order valence-electron chi connectivity index (χ3n) is 6.27. The third-order valence-corrected chi connectivity index (χ3v) is 12.5. The van der Waals surface area contributed by atoms with Gasteiger partial charge in [0.25, 0.3) is 0 Å². The molecule has 6 heteroatoms. The van der Waals surface area contributed by atoms with E-state index in [1.165, 1.54) is 5.57 Å². The van der Waals surface area contributed by atoms with Crippen molar-refractivity contribution >= 4 is 32.3 Å². The molecule has 0 aliphatic carbocycles. The Bertz CT molecular complexity index is 840. The summed E-state index contributed by atoms with van der Waals surface area (Å²) in [5.41, 5.74) is 6.01. The van der Waals surface area contributed by atoms with Crippen LogP contribution in [0.1, 0.15) is 46.6 Å². The quantitative estimate of drug-likeness (QED) is 0.117. The Labute approximate surface area is 220 Å². The van der Waals surface area contributed by atoms with Gasteiger partial charge in [0.1, 0.15) is 19.9 Å². The predicted molar refractivity (Wildman–Crippen MR) is 156 cm³/mol. The molecule has 3 nitrogen and oxygen atoms in total. The lowest BCUT2D eigenvalue weighted by atomic mass is 9.97. The van der Waals surface area contributed by atoms with Gasteiger partial charge in [0.15, 0.2) is 8.32 Å². The number of rotatable bonds is 11. The molecule has 0 aliphatic heterocycles. The lowest BCUT2D eigenvalue weighted by Gasteiger charge is -2.39. The van der Waals surface area contributed by atoms with Crippen molar-refractivity contribution in [2.24, 2.45) is 5.92 Å². The normalized spacial score (nSPS) is 15.8. The number of methoxy groups -OCH3 is 1. The summed E-state index contributed by atoms with van der Waals surface area (Å²) in [6.45, 7) is 23.3. The van der Waals surface area contributed by atoms with Gasteiger partial charge in [-0.2, -0.15) is 0 Å². The van der Waals surface area contributed by atoms with Gasteiger partial charge in [-0.1, -0.05) is 93.0 Å². The highest BCUT2D eigenvalue weighted by molar-refractivity contribution is 9.09. The molecule has 3 atom stereocenters. The molecule has 0 radical (unpaired) electrons. The van der Waals surface area contributed by atoms with E-state index >= 15 is 0 Å². The summed E-state index contributed by atoms with van der Waals surface area (Å²) in [5, 5.41) is 0.992. The van der Waals surface area contributed by atoms with E-state index in [1.54, 1.807) is 7.11 Å². The maximum atomic E-state index is 6.85. The Morgan fingerprint density at radius 3 is 2.15 bits per heavy atom. The molecule has 0 fully saturated rings. The van der Waals surface area contributed by atoms with Crippen molar-refractivity contribution in [1.82, 2.24) is 0 Å². The smallest absolute Gasteiger partial charge is 0.193 e. The zero-order valence-electron chi connectivity index (χ0n) is 23.3. The molecule has 1 rings (SSSR count). The number of alkyl halides is 1. The van der Waals surface area contributed by atoms with Crippen molar-refractivity contribution in [3.05, 3.63) is 41.5 Å². The average molecular weight is 568 g/mol. The molecule has 0 heterocycles. The second-order valence-electron chi connectivity index (χ2n) is 11.8. The van der Waals surface area contributed by atoms with E-state index in [2.05, 4.69) is 113 Å². The van der Waals surface area contributed by atoms with Crippen LogP contribution in [0.4, 0.5) is 0 Å². The van der Waals surface area contributed by atoms with Crippen LogP contribution in [0.15, 0.2) is 35.9 Å². The minimum absolute atomic E-state index is 0.00167. The maximum absolute atomic E-state index is 6.85. The summed E-state index contributed by atoms with van der Waals surface area (Å²) in [4.78, 5) is 0. The van der Waals surface area contributed by atoms with Crippen LogP contribution in [-0.4, -0.2) is 41.0 Å². The second-order valence-corrected chi connectivity index (χ2v) is 21.9. The molecule has 0 amide bonds. The Kier molecular flexibility index (Phi) is 12.3. The highest BCUT2D eigenvalue weighted by Crippen LogP contribution is 2.38. The molecule has 1 aromatic carbocycles. The topological polar surface area (TPSA) is 27.7 Å². The summed E-state index contributed by atoms with van der Waals surface area (Å²) < 4.78 is 18.7. The van der Waals surface area contributed by atoms with Gasteiger partial charge in [-0.3, -0.25) is 0 Å². The Balaban J connectivity index is 3.22. The molecule has 0 N–H and O–H groups in total. The molecular formula is C28H47BrO3Si2. The van der Waals surface area contributed by atoms with Crippen molar-refractivity contribution in [2.75, 3.05) is 12.4 Å². The zero-order chi connectivity index (χ0) is 26.2. The van der Waals surface area contributed by atoms with E-state index in [-0.39, 0.29) is 23.2 Å². The fraction of sp³-hybridized carbons (Fsp3) is 0.643. The number of allylic oxidation sites excluding steroid dienone is 1. The number of hydrogen-bond donors (Lipinski definition) is 0. The van der Waals surface area contributed by atoms with Crippen LogP contribution in [0.2, 0.25) is 37.8 Å². The van der Waals surface area contributed by atoms with Crippen LogP contribution < -0.4 is 4.74 Å². The van der Waals surface area contributed by atoms with Crippen molar-refractivity contribution in [3.8, 4) is 17.2 Å². The molecule has 0 bridgehead atoms. The lowest BCUT2D eigenvalue weighted by molar-refractivity contribution is -0.00436. The summed E-state index contributed by atoms with van der Waals surface area (Å²) in [7, 11) is -1.82. The van der Waals surface area contributed by atoms with Gasteiger partial charge in [0.2, 0.25) is 0 Å². The molecule has 0 saturated carbocycles. The third kappa shape index (κ3) is 11.3. The summed E-state index contributed by atoms with van der Waals surface area (Å²) in [6.07, 6.45) is 2.94. The highest BCUT2D eigenvalue weighted by Gasteiger charge is 2.39. The molecule has 1 aromatic rings. The van der Waals surface area contributed by atoms with Gasteiger partial charge in [-0.25, -0.2) is 0 Å². The molecule has 0 spiro atoms. The van der Waals surface area contributed by atoms with E-state index in [1.807, 2.05) is 12.1 Å². The molecule has 0 saturated heterocycles. The van der Waals surface area contributed by atoms with Crippen LogP contribution in [0, 0.1) is 17.4 Å². The van der Waals surface area contributed by atoms with E-state index in [0.29, 0.717) is 6.61 Å². The van der Waals surface area contributed by atoms with E-state index < -0.39 is 16.4 Å². The first-order valence-electron chi connectivity index (χ1n) is 12.3. The molecule has 192 valence electrons. The highest BCUT2D eigenvalue weighted by atomic mass is 79.9. The van der Waals surface area contributed by atoms with Crippen molar-refractivity contribution in [3.63, 3.8) is 0 Å². The first kappa shape index (κ1) is 31.2. The van der Waals surface area contributed by atoms with E-state index in [4.69, 9.17) is 13.9 Å². The Hall–Kier alpha value is -0.846. The molecule has 0 aromatic heterocycles. The van der Waals surface area contributed by atoms with Crippen LogP contribution in [-0.2, 0) is 15.8 Å². The lowest BCUT2D eigenvalue weighted by Crippen LogP contribution is -2.45. The number of halogens is 1. The molecular weight excluding hydrogens is 520 g/mol. The van der Waals surface area contributed by atoms with Crippen LogP contribution in [0.5, 0.6) is 5.75 Å². The predicted octanol–water partition coefficient (Wildman–Crippen LogP) is 8.22. The molecule has 34 heavy (non-hydrogen) atoms. The molecule has 0 aliphatic rings. The number of hydrogen-bond acceptors (Lipinski definition) is 3. The van der Waals surface area contributed by atoms with Gasteiger partial charge < -0.3 is 13.9 Å². The van der Waals surface area contributed by atoms with Crippen LogP contribution >= 0.6 is 15.9 Å². The van der Waals surface area contributed by atoms with Gasteiger partial charge in [-0.05, 0) is 42.8 Å². The summed E-state index contributed by atoms with van der Waals surface area (Å²) in [6, 6.07) is 8.09. The summed E-state index contributed by atoms with van der Waals surface area (Å²) >= 11 is 3.58. The van der Waals surface area contributed by atoms with Crippen LogP contribution in [0.3, 0.4) is 0 Å². The number of ether oxygens (including phenoxy) is 2. The monoisotopic (exact) mass is 566 g/mol. The fourth-order valence-electron chi connectivity index (χ4n) is 3.14. The fourth-order valence-corrected chi connectivity index (χ4v) is 5.14. The van der Waals surface area contributed by atoms with E-state index in [0.717, 1.165) is 23.1 Å². The van der Waals surface area contributed by atoms with Gasteiger partial charge in [-0.15, -0.1) is 5.54 Å². The Morgan fingerprint density at radius 2 is 1.68 bits per heavy atom. The minimum atomic E-state index is -1.98. The first-order chi connectivity index (χ1) is 15.6. The first-order valence-corrected chi connectivity index (χ1v) is 19.8. The number of benzene rings is 1. The average Bonchev–Trinajstić information content (AvgIpc) is 2.73. The second kappa shape index (κ2) is 13.5. The maximum Gasteiger partial charge on any atom is 0.193 e. The van der Waals surface area contributed by atoms with Crippen molar-refractivity contribution in [2.45, 2.75) is 97.6 Å². The molecule has 0 unspecified atom stereocenters. The zero-order valence-corrected chi connectivity index (χ0v) is 26.9. The SMILES string of the molecule is COc1ccc(CO[C@H](C[C@@H](C#C[Si](C)(C)C)O[Si](C)(C)C(C)(C)C)[C@@H](C)/C=C(\C)CBr)cc1. The largest absolute Gasteiger partial charge is 0.497 e. The van der Waals surface area contributed by atoms with Gasteiger partial charge >= 0.3 is 0 Å². The van der Waals surface area contributed by atoms with Crippen molar-refractivity contribution < 1.29 is 13.9 Å². The van der Waals surface area contributed by atoms with E-state index in [9.17, 15) is 0 Å². The minimum Gasteiger partial charge on any atom is -0.497 e. The standard InChI is InChI=1S/C28H47BrO3Si2/c1-22(20-29)18-23(2)27(31-21-24-12-14-25(30-6)15-13-24)19-26(16-17-33(7,8)9)32-34(10,11)28(3,4)5/h12-15,18,23,26-27H,19-21H2,1-11H3/b22-18+/t23-,26+,27+/m0/s1. The van der Waals surface area contributed by atoms with Crippen molar-refractivity contribution in [1.29, 1.82) is 0 Å². The summed E-state index contributed by atoms with van der Waals surface area (Å²) in [5.74, 6) is 4.65. The van der Waals surface area contributed by atoms with Crippen LogP contribution in [0.25, 0.3) is 0 Å².